The van der Waals surface area contributed by atoms with Gasteiger partial charge in [-0.05, 0) is 54.6 Å². The SMILES string of the molecule is c1ccc(-c2nc(-c3ccccc3)nc(-c3cccc4c3oc3ccc(-n5c6ccccc6c6c7c(ccc65)Oc5ccccc5O7)cc34)n2)cc1. The highest BCUT2D eigenvalue weighted by molar-refractivity contribution is 6.14. The quantitative estimate of drug-likeness (QED) is 0.185. The first kappa shape index (κ1) is 28.6. The molecule has 7 aromatic carbocycles. The van der Waals surface area contributed by atoms with Gasteiger partial charge in [0.1, 0.15) is 11.2 Å². The molecule has 52 heavy (non-hydrogen) atoms. The van der Waals surface area contributed by atoms with E-state index in [2.05, 4.69) is 53.1 Å². The number of hydrogen-bond donors (Lipinski definition) is 0. The topological polar surface area (TPSA) is 75.2 Å². The Hall–Kier alpha value is -7.25. The molecule has 10 aromatic rings. The van der Waals surface area contributed by atoms with Crippen molar-refractivity contribution in [2.24, 2.45) is 0 Å². The molecule has 0 spiro atoms. The summed E-state index contributed by atoms with van der Waals surface area (Å²) in [6, 6.07) is 52.7. The maximum absolute atomic E-state index is 6.64. The van der Waals surface area contributed by atoms with E-state index in [9.17, 15) is 0 Å². The van der Waals surface area contributed by atoms with Crippen molar-refractivity contribution >= 4 is 43.7 Å². The van der Waals surface area contributed by atoms with Crippen LogP contribution in [-0.4, -0.2) is 19.5 Å². The van der Waals surface area contributed by atoms with Gasteiger partial charge in [0.25, 0.3) is 0 Å². The Kier molecular flexibility index (Phi) is 6.12. The molecular formula is C45H26N4O3. The number of fused-ring (bicyclic) bond motifs is 9. The smallest absolute Gasteiger partial charge is 0.180 e. The van der Waals surface area contributed by atoms with Gasteiger partial charge in [-0.25, -0.2) is 15.0 Å². The molecular weight excluding hydrogens is 645 g/mol. The molecule has 0 atom stereocenters. The average molecular weight is 671 g/mol. The molecule has 3 aromatic heterocycles. The second kappa shape index (κ2) is 11.1. The number of furan rings is 1. The fourth-order valence-electron chi connectivity index (χ4n) is 7.35. The molecule has 0 amide bonds. The van der Waals surface area contributed by atoms with Crippen LogP contribution < -0.4 is 9.47 Å². The van der Waals surface area contributed by atoms with Gasteiger partial charge in [-0.15, -0.1) is 0 Å². The first-order valence-electron chi connectivity index (χ1n) is 17.1. The van der Waals surface area contributed by atoms with E-state index in [1.54, 1.807) is 0 Å². The van der Waals surface area contributed by atoms with Crippen molar-refractivity contribution in [1.82, 2.24) is 19.5 Å². The monoisotopic (exact) mass is 670 g/mol. The van der Waals surface area contributed by atoms with E-state index in [-0.39, 0.29) is 0 Å². The molecule has 1 aliphatic rings. The number of ether oxygens (including phenoxy) is 2. The van der Waals surface area contributed by atoms with E-state index < -0.39 is 0 Å². The summed E-state index contributed by atoms with van der Waals surface area (Å²) in [7, 11) is 0. The first-order valence-corrected chi connectivity index (χ1v) is 17.1. The minimum atomic E-state index is 0.550. The van der Waals surface area contributed by atoms with Gasteiger partial charge in [0.05, 0.1) is 22.0 Å². The second-order valence-corrected chi connectivity index (χ2v) is 12.8. The summed E-state index contributed by atoms with van der Waals surface area (Å²) < 4.78 is 21.7. The molecule has 244 valence electrons. The second-order valence-electron chi connectivity index (χ2n) is 12.8. The number of benzene rings is 7. The van der Waals surface area contributed by atoms with E-state index in [1.165, 1.54) is 0 Å². The molecule has 0 aliphatic carbocycles. The Morgan fingerprint density at radius 3 is 1.87 bits per heavy atom. The van der Waals surface area contributed by atoms with E-state index >= 15 is 0 Å². The molecule has 0 radical (unpaired) electrons. The Bertz CT molecular complexity index is 2960. The number of nitrogens with zero attached hydrogens (tertiary/aromatic N) is 4. The third kappa shape index (κ3) is 4.36. The molecule has 7 nitrogen and oxygen atoms in total. The fourth-order valence-corrected chi connectivity index (χ4v) is 7.35. The number of rotatable bonds is 4. The molecule has 0 saturated carbocycles. The Morgan fingerprint density at radius 2 is 1.10 bits per heavy atom. The summed E-state index contributed by atoms with van der Waals surface area (Å²) in [6.45, 7) is 0. The summed E-state index contributed by atoms with van der Waals surface area (Å²) in [5, 5.41) is 4.05. The number of hydrogen-bond acceptors (Lipinski definition) is 6. The van der Waals surface area contributed by atoms with Crippen molar-refractivity contribution in [3.63, 3.8) is 0 Å². The van der Waals surface area contributed by atoms with Crippen LogP contribution in [-0.2, 0) is 0 Å². The molecule has 7 heteroatoms. The van der Waals surface area contributed by atoms with Crippen molar-refractivity contribution in [2.75, 3.05) is 0 Å². The van der Waals surface area contributed by atoms with Crippen LogP contribution in [0.4, 0.5) is 0 Å². The van der Waals surface area contributed by atoms with Crippen LogP contribution >= 0.6 is 0 Å². The maximum atomic E-state index is 6.64. The van der Waals surface area contributed by atoms with E-state index in [4.69, 9.17) is 28.8 Å². The molecule has 11 rings (SSSR count). The van der Waals surface area contributed by atoms with E-state index in [1.807, 2.05) is 109 Å². The lowest BCUT2D eigenvalue weighted by molar-refractivity contribution is 0.363. The van der Waals surface area contributed by atoms with Gasteiger partial charge in [-0.2, -0.15) is 0 Å². The lowest BCUT2D eigenvalue weighted by Crippen LogP contribution is -2.00. The lowest BCUT2D eigenvalue weighted by Gasteiger charge is -2.21. The van der Waals surface area contributed by atoms with Crippen molar-refractivity contribution in [1.29, 1.82) is 0 Å². The molecule has 0 saturated heterocycles. The first-order chi connectivity index (χ1) is 25.8. The summed E-state index contributed by atoms with van der Waals surface area (Å²) in [5.41, 5.74) is 7.21. The van der Waals surface area contributed by atoms with Crippen LogP contribution in [0.25, 0.3) is 83.6 Å². The zero-order valence-corrected chi connectivity index (χ0v) is 27.5. The predicted octanol–water partition coefficient (Wildman–Crippen LogP) is 11.8. The molecule has 0 unspecified atom stereocenters. The van der Waals surface area contributed by atoms with Gasteiger partial charge in [-0.1, -0.05) is 103 Å². The maximum Gasteiger partial charge on any atom is 0.180 e. The summed E-state index contributed by atoms with van der Waals surface area (Å²) >= 11 is 0. The normalized spacial score (nSPS) is 12.2. The van der Waals surface area contributed by atoms with Crippen molar-refractivity contribution in [2.45, 2.75) is 0 Å². The fraction of sp³-hybridized carbons (Fsp3) is 0. The minimum Gasteiger partial charge on any atom is -0.455 e. The summed E-state index contributed by atoms with van der Waals surface area (Å²) in [6.07, 6.45) is 0. The zero-order valence-electron chi connectivity index (χ0n) is 27.5. The predicted molar refractivity (Wildman–Crippen MR) is 204 cm³/mol. The zero-order chi connectivity index (χ0) is 34.2. The molecule has 4 heterocycles. The summed E-state index contributed by atoms with van der Waals surface area (Å²) in [4.78, 5) is 14.9. The largest absolute Gasteiger partial charge is 0.455 e. The molecule has 0 bridgehead atoms. The van der Waals surface area contributed by atoms with Crippen molar-refractivity contribution in [3.8, 4) is 62.8 Å². The molecule has 0 N–H and O–H groups in total. The van der Waals surface area contributed by atoms with Gasteiger partial charge in [-0.3, -0.25) is 0 Å². The highest BCUT2D eigenvalue weighted by Gasteiger charge is 2.25. The van der Waals surface area contributed by atoms with Crippen LogP contribution in [0.5, 0.6) is 23.0 Å². The van der Waals surface area contributed by atoms with Crippen LogP contribution in [0, 0.1) is 0 Å². The van der Waals surface area contributed by atoms with E-state index in [0.29, 0.717) is 40.5 Å². The highest BCUT2D eigenvalue weighted by Crippen LogP contribution is 2.51. The van der Waals surface area contributed by atoms with Crippen LogP contribution in [0.1, 0.15) is 0 Å². The molecule has 0 fully saturated rings. The van der Waals surface area contributed by atoms with E-state index in [0.717, 1.165) is 66.1 Å². The van der Waals surface area contributed by atoms with Crippen molar-refractivity contribution < 1.29 is 13.9 Å². The number of aromatic nitrogens is 4. The van der Waals surface area contributed by atoms with Gasteiger partial charge >= 0.3 is 0 Å². The Morgan fingerprint density at radius 1 is 0.442 bits per heavy atom. The van der Waals surface area contributed by atoms with Crippen LogP contribution in [0.3, 0.4) is 0 Å². The number of para-hydroxylation sites is 4. The third-order valence-electron chi connectivity index (χ3n) is 9.71. The Labute approximate surface area is 297 Å². The minimum absolute atomic E-state index is 0.550. The van der Waals surface area contributed by atoms with Gasteiger partial charge in [0, 0.05) is 33.0 Å². The van der Waals surface area contributed by atoms with Gasteiger partial charge in [0.15, 0.2) is 40.5 Å². The van der Waals surface area contributed by atoms with Gasteiger partial charge in [0.2, 0.25) is 0 Å². The highest BCUT2D eigenvalue weighted by atomic mass is 16.6. The third-order valence-corrected chi connectivity index (χ3v) is 9.71. The van der Waals surface area contributed by atoms with Crippen molar-refractivity contribution in [3.05, 3.63) is 158 Å². The lowest BCUT2D eigenvalue weighted by atomic mass is 10.1. The standard InChI is InChI=1S/C45H26N4O3/c1-3-12-27(13-4-1)43-46-44(28-14-5-2-6-15-28)48-45(47-43)32-18-11-17-30-33-26-29(22-24-36(33)51-41(30)32)49-34-19-8-7-16-31(34)40-35(49)23-25-39-42(40)52-38-21-10-9-20-37(38)50-39/h1-26H. The van der Waals surface area contributed by atoms with Gasteiger partial charge < -0.3 is 18.5 Å². The summed E-state index contributed by atoms with van der Waals surface area (Å²) in [5.74, 6) is 4.58. The van der Waals surface area contributed by atoms with Crippen LogP contribution in [0.15, 0.2) is 162 Å². The molecule has 1 aliphatic heterocycles. The Balaban J connectivity index is 1.10. The van der Waals surface area contributed by atoms with Crippen LogP contribution in [0.2, 0.25) is 0 Å². The average Bonchev–Trinajstić information content (AvgIpc) is 3.76.